The lowest BCUT2D eigenvalue weighted by atomic mass is 10.2. The van der Waals surface area contributed by atoms with Gasteiger partial charge < -0.3 is 54.8 Å². The Morgan fingerprint density at radius 2 is 0.977 bits per heavy atom. The lowest BCUT2D eigenvalue weighted by molar-refractivity contribution is 0.0514. The van der Waals surface area contributed by atoms with Crippen molar-refractivity contribution in [1.29, 1.82) is 0 Å². The number of rotatable bonds is 15. The number of ether oxygens (including phenoxy) is 5. The first-order valence-corrected chi connectivity index (χ1v) is 30.9. The number of anilines is 2. The molecule has 12 rings (SSSR count). The van der Waals surface area contributed by atoms with Gasteiger partial charge in [0.2, 0.25) is 10.9 Å². The van der Waals surface area contributed by atoms with E-state index in [-0.39, 0.29) is 64.6 Å². The molecule has 0 aromatic carbocycles. The molecule has 9 aromatic rings. The topological polar surface area (TPSA) is 278 Å². The third-order valence-corrected chi connectivity index (χ3v) is 17.4. The fourth-order valence-corrected chi connectivity index (χ4v) is 12.3. The maximum absolute atomic E-state index is 13.0. The van der Waals surface area contributed by atoms with E-state index in [0.717, 1.165) is 49.5 Å². The van der Waals surface area contributed by atoms with Gasteiger partial charge >= 0.3 is 11.9 Å². The zero-order chi connectivity index (χ0) is 61.9. The maximum atomic E-state index is 13.0. The number of likely N-dealkylation sites (N-methyl/N-ethyl adjacent to an activating group) is 3. The quantitative estimate of drug-likeness (QED) is 0.0786. The highest BCUT2D eigenvalue weighted by Gasteiger charge is 2.34. The molecule has 87 heavy (non-hydrogen) atoms. The number of halogens is 1. The van der Waals surface area contributed by atoms with Crippen molar-refractivity contribution >= 4 is 102 Å². The summed E-state index contributed by atoms with van der Waals surface area (Å²) in [5, 5.41) is 22.0. The smallest absolute Gasteiger partial charge is 0.343 e. The second-order valence-corrected chi connectivity index (χ2v) is 22.9. The predicted octanol–water partition coefficient (Wildman–Crippen LogP) is 4.88. The van der Waals surface area contributed by atoms with Gasteiger partial charge in [0.25, 0.3) is 0 Å². The van der Waals surface area contributed by atoms with Crippen molar-refractivity contribution in [3.63, 3.8) is 0 Å². The number of hydrogen-bond acceptors (Lipinski definition) is 25. The molecule has 3 saturated heterocycles. The molecule has 0 aliphatic carbocycles. The largest absolute Gasteiger partial charge is 0.462 e. The van der Waals surface area contributed by atoms with Crippen LogP contribution in [-0.4, -0.2) is 187 Å². The van der Waals surface area contributed by atoms with Gasteiger partial charge in [-0.2, -0.15) is 0 Å². The molecule has 3 aliphatic heterocycles. The number of esters is 2. The fraction of sp³-hybridized carbons (Fsp3) is 0.397. The third kappa shape index (κ3) is 14.1. The van der Waals surface area contributed by atoms with E-state index in [1.165, 1.54) is 52.5 Å². The van der Waals surface area contributed by atoms with Gasteiger partial charge in [0.15, 0.2) is 37.8 Å². The summed E-state index contributed by atoms with van der Waals surface area (Å²) >= 11 is 10.2. The van der Waals surface area contributed by atoms with Crippen molar-refractivity contribution in [1.82, 2.24) is 64.9 Å². The minimum absolute atomic E-state index is 0.0103. The lowest BCUT2D eigenvalue weighted by Crippen LogP contribution is -2.37. The lowest BCUT2D eigenvalue weighted by Gasteiger charge is -2.18. The molecule has 460 valence electrons. The van der Waals surface area contributed by atoms with E-state index in [0.29, 0.717) is 62.2 Å². The van der Waals surface area contributed by atoms with Crippen molar-refractivity contribution in [2.24, 2.45) is 0 Å². The highest BCUT2D eigenvalue weighted by Crippen LogP contribution is 2.28. The molecule has 0 amide bonds. The highest BCUT2D eigenvalue weighted by atomic mass is 35.5. The summed E-state index contributed by atoms with van der Waals surface area (Å²) < 4.78 is 31.5. The normalized spacial score (nSPS) is 18.9. The van der Waals surface area contributed by atoms with Gasteiger partial charge in [-0.1, -0.05) is 11.6 Å². The van der Waals surface area contributed by atoms with Crippen molar-refractivity contribution < 1.29 is 33.3 Å². The number of aryl methyl sites for hydroxylation is 1. The second kappa shape index (κ2) is 29.5. The van der Waals surface area contributed by atoms with Crippen LogP contribution in [0.2, 0.25) is 5.15 Å². The third-order valence-electron chi connectivity index (χ3n) is 14.9. The molecule has 3 fully saturated rings. The Hall–Kier alpha value is -7.48. The SMILES string of the molecule is CCOC(=O)c1cn(-c2nccs2)c2nc(Cl)ccc2c1=O.CCOC(=O)c1cn(-c2nccs2)c2nc(N3C[C@H](NC)[C@@H](OC)C3)ccc2c1=O.CN[C@H]1CN(c2ccc3c(=O)c(C)cn(-c4nccs4)c3n2)C[C@@H]1OC.CN[C@H]1CNC[C@@H]1OC. The van der Waals surface area contributed by atoms with Gasteiger partial charge in [-0.25, -0.2) is 39.5 Å². The molecule has 0 bridgehead atoms. The first-order chi connectivity index (χ1) is 42.2. The zero-order valence-corrected chi connectivity index (χ0v) is 52.6. The van der Waals surface area contributed by atoms with Crippen LogP contribution in [0.25, 0.3) is 48.5 Å². The van der Waals surface area contributed by atoms with Crippen LogP contribution < -0.4 is 47.4 Å². The molecule has 0 radical (unpaired) electrons. The van der Waals surface area contributed by atoms with Crippen LogP contribution in [0.4, 0.5) is 11.6 Å². The molecule has 4 N–H and O–H groups in total. The average Bonchev–Trinajstić information content (AvgIpc) is 2.14. The number of nitrogens with zero attached hydrogens (tertiary/aromatic N) is 11. The van der Waals surface area contributed by atoms with Gasteiger partial charge in [-0.3, -0.25) is 28.1 Å². The number of hydrogen-bond donors (Lipinski definition) is 4. The predicted molar refractivity (Wildman–Crippen MR) is 339 cm³/mol. The number of carbonyl (C=O) groups is 2. The molecular weight excluding hydrogens is 1200 g/mol. The van der Waals surface area contributed by atoms with E-state index in [1.807, 2.05) is 61.7 Å². The minimum Gasteiger partial charge on any atom is -0.462 e. The highest BCUT2D eigenvalue weighted by molar-refractivity contribution is 7.12. The van der Waals surface area contributed by atoms with Gasteiger partial charge in [0.05, 0.1) is 59.8 Å². The number of carbonyl (C=O) groups excluding carboxylic acids is 2. The van der Waals surface area contributed by atoms with Crippen LogP contribution in [0.1, 0.15) is 40.1 Å². The summed E-state index contributed by atoms with van der Waals surface area (Å²) in [6.45, 7) is 10.6. The van der Waals surface area contributed by atoms with Gasteiger partial charge in [0, 0.05) is 126 Å². The Labute approximate surface area is 517 Å². The van der Waals surface area contributed by atoms with E-state index in [4.69, 9.17) is 45.3 Å². The Balaban J connectivity index is 0.000000146. The van der Waals surface area contributed by atoms with Crippen LogP contribution in [0.15, 0.2) is 104 Å². The van der Waals surface area contributed by atoms with Crippen LogP contribution in [0, 0.1) is 6.92 Å². The van der Waals surface area contributed by atoms with Crippen molar-refractivity contribution in [3.05, 3.63) is 142 Å². The van der Waals surface area contributed by atoms with E-state index in [2.05, 4.69) is 51.0 Å². The first-order valence-electron chi connectivity index (χ1n) is 27.8. The number of nitrogens with one attached hydrogen (secondary N) is 4. The Morgan fingerprint density at radius 1 is 0.563 bits per heavy atom. The summed E-state index contributed by atoms with van der Waals surface area (Å²) in [5.74, 6) is 0.245. The number of aromatic nitrogens is 9. The first kappa shape index (κ1) is 64.0. The van der Waals surface area contributed by atoms with E-state index < -0.39 is 22.8 Å². The van der Waals surface area contributed by atoms with Crippen LogP contribution in [0.5, 0.6) is 0 Å². The Bertz CT molecular complexity index is 3970. The molecule has 0 spiro atoms. The van der Waals surface area contributed by atoms with Crippen molar-refractivity contribution in [2.75, 3.05) is 105 Å². The summed E-state index contributed by atoms with van der Waals surface area (Å²) in [5.41, 5.74) is 1.18. The van der Waals surface area contributed by atoms with E-state index in [1.54, 1.807) is 86.5 Å². The van der Waals surface area contributed by atoms with E-state index in [9.17, 15) is 24.0 Å². The number of thiazole rings is 3. The average molecular weight is 1270 g/mol. The Morgan fingerprint density at radius 3 is 1.36 bits per heavy atom. The standard InChI is InChI=1S/C20H23N5O4S.C18H21N5O2S.C14H10ClN3O3S.C6H14N2O/c1-4-29-19(27)13-9-25(20-22-7-8-30-20)18-12(17(13)26)5-6-16(23-18)24-10-14(21-2)15(11-24)28-3;1-11-8-23(18-20-6-7-26-18)17-12(16(11)24)4-5-15(21-17)22-9-13(19-2)14(10-22)25-3;1-2-21-13(20)9-7-18(14-16-5-6-22-14)12-8(11(9)19)3-4-10(15)17-12;1-7-5-3-8-4-6(5)9-2/h5-9,14-15,21H,4,10-11H2,1-3H3;4-8,13-14,19H,9-10H2,1-3H3;3-7H,2H2,1H3;5-8H,3-4H2,1-2H3/t14-,15-;13-,14-;;5-,6-/m00.0/s1. The summed E-state index contributed by atoms with van der Waals surface area (Å²) in [6.07, 6.45) is 10.2. The monoisotopic (exact) mass is 1270 g/mol. The van der Waals surface area contributed by atoms with Crippen molar-refractivity contribution in [3.8, 4) is 15.4 Å². The second-order valence-electron chi connectivity index (χ2n) is 19.9. The van der Waals surface area contributed by atoms with E-state index >= 15 is 0 Å². The molecule has 9 aromatic heterocycles. The summed E-state index contributed by atoms with van der Waals surface area (Å²) in [6, 6.07) is 11.3. The minimum atomic E-state index is -0.672. The maximum Gasteiger partial charge on any atom is 0.343 e. The van der Waals surface area contributed by atoms with Crippen molar-refractivity contribution in [2.45, 2.75) is 57.2 Å². The number of fused-ring (bicyclic) bond motifs is 3. The summed E-state index contributed by atoms with van der Waals surface area (Å²) in [4.78, 5) is 93.3. The molecule has 0 saturated carbocycles. The van der Waals surface area contributed by atoms with Gasteiger partial charge in [-0.15, -0.1) is 34.0 Å². The zero-order valence-electron chi connectivity index (χ0n) is 49.4. The molecule has 29 heteroatoms. The molecule has 0 unspecified atom stereocenters. The summed E-state index contributed by atoms with van der Waals surface area (Å²) in [7, 11) is 11.0. The fourth-order valence-electron chi connectivity index (χ4n) is 10.3. The van der Waals surface area contributed by atoms with Gasteiger partial charge in [-0.05, 0) is 78.3 Å². The number of methoxy groups -OCH3 is 3. The molecule has 12 heterocycles. The molecule has 25 nitrogen and oxygen atoms in total. The van der Waals surface area contributed by atoms with Crippen LogP contribution in [0.3, 0.4) is 0 Å². The molecule has 6 atom stereocenters. The Kier molecular flexibility index (Phi) is 21.7. The van der Waals surface area contributed by atoms with Gasteiger partial charge in [0.1, 0.15) is 27.9 Å². The molecular formula is C58H68ClN15O10S3. The molecule has 3 aliphatic rings. The number of pyridine rings is 6. The van der Waals surface area contributed by atoms with Crippen LogP contribution in [-0.2, 0) is 23.7 Å². The van der Waals surface area contributed by atoms with Crippen LogP contribution >= 0.6 is 45.6 Å².